The van der Waals surface area contributed by atoms with Gasteiger partial charge in [0.15, 0.2) is 0 Å². The molecule has 1 N–H and O–H groups in total. The normalized spacial score (nSPS) is 19.0. The van der Waals surface area contributed by atoms with Crippen LogP contribution in [0.2, 0.25) is 0 Å². The van der Waals surface area contributed by atoms with Gasteiger partial charge in [0, 0.05) is 17.2 Å². The first-order valence-corrected chi connectivity index (χ1v) is 4.69. The summed E-state index contributed by atoms with van der Waals surface area (Å²) in [6.45, 7) is 4.47. The SMILES string of the molecule is CC(C)SCNC1CC1. The Balaban J connectivity index is 1.81. The third-order valence-electron chi connectivity index (χ3n) is 1.37. The molecule has 1 fully saturated rings. The van der Waals surface area contributed by atoms with Crippen molar-refractivity contribution in [3.05, 3.63) is 0 Å². The molecule has 0 amide bonds. The molecule has 1 saturated carbocycles. The predicted octanol–water partition coefficient (Wildman–Crippen LogP) is 1.84. The molecule has 0 aromatic carbocycles. The first kappa shape index (κ1) is 7.42. The van der Waals surface area contributed by atoms with Crippen molar-refractivity contribution in [2.75, 3.05) is 5.88 Å². The Labute approximate surface area is 61.6 Å². The zero-order valence-corrected chi connectivity index (χ0v) is 7.00. The third-order valence-corrected chi connectivity index (χ3v) is 2.37. The number of hydrogen-bond acceptors (Lipinski definition) is 2. The summed E-state index contributed by atoms with van der Waals surface area (Å²) in [4.78, 5) is 0. The lowest BCUT2D eigenvalue weighted by molar-refractivity contribution is 0.787. The highest BCUT2D eigenvalue weighted by Crippen LogP contribution is 2.19. The van der Waals surface area contributed by atoms with Crippen LogP contribution in [0.5, 0.6) is 0 Å². The van der Waals surface area contributed by atoms with E-state index in [-0.39, 0.29) is 0 Å². The Morgan fingerprint density at radius 2 is 2.22 bits per heavy atom. The number of rotatable bonds is 4. The monoisotopic (exact) mass is 145 g/mol. The van der Waals surface area contributed by atoms with Gasteiger partial charge >= 0.3 is 0 Å². The Kier molecular flexibility index (Phi) is 2.86. The summed E-state index contributed by atoms with van der Waals surface area (Å²) in [6.07, 6.45) is 2.80. The van der Waals surface area contributed by atoms with Gasteiger partial charge in [0.05, 0.1) is 0 Å². The highest BCUT2D eigenvalue weighted by atomic mass is 32.2. The van der Waals surface area contributed by atoms with Gasteiger partial charge in [-0.1, -0.05) is 13.8 Å². The number of thioether (sulfide) groups is 1. The topological polar surface area (TPSA) is 12.0 Å². The molecule has 0 bridgehead atoms. The van der Waals surface area contributed by atoms with Crippen LogP contribution in [0.3, 0.4) is 0 Å². The minimum atomic E-state index is 0.774. The maximum atomic E-state index is 3.45. The standard InChI is InChI=1S/C7H15NS/c1-6(2)9-5-8-7-3-4-7/h6-8H,3-5H2,1-2H3. The lowest BCUT2D eigenvalue weighted by Crippen LogP contribution is -2.16. The van der Waals surface area contributed by atoms with Crippen LogP contribution in [0.4, 0.5) is 0 Å². The Hall–Kier alpha value is 0.310. The smallest absolute Gasteiger partial charge is 0.0422 e. The molecule has 2 heteroatoms. The van der Waals surface area contributed by atoms with Gasteiger partial charge in [0.1, 0.15) is 0 Å². The van der Waals surface area contributed by atoms with Gasteiger partial charge in [-0.05, 0) is 12.8 Å². The fraction of sp³-hybridized carbons (Fsp3) is 1.00. The van der Waals surface area contributed by atoms with E-state index >= 15 is 0 Å². The van der Waals surface area contributed by atoms with Crippen molar-refractivity contribution < 1.29 is 0 Å². The number of nitrogens with one attached hydrogen (secondary N) is 1. The van der Waals surface area contributed by atoms with Crippen molar-refractivity contribution in [3.8, 4) is 0 Å². The molecule has 1 aliphatic carbocycles. The van der Waals surface area contributed by atoms with Crippen LogP contribution in [-0.2, 0) is 0 Å². The molecule has 1 rings (SSSR count). The van der Waals surface area contributed by atoms with Crippen molar-refractivity contribution in [3.63, 3.8) is 0 Å². The lowest BCUT2D eigenvalue weighted by Gasteiger charge is -2.04. The molecule has 0 aliphatic heterocycles. The summed E-state index contributed by atoms with van der Waals surface area (Å²) < 4.78 is 0. The Bertz CT molecular complexity index is 77.0. The van der Waals surface area contributed by atoms with Gasteiger partial charge in [0.2, 0.25) is 0 Å². The Morgan fingerprint density at radius 3 is 2.67 bits per heavy atom. The molecule has 0 spiro atoms. The molecular formula is C7H15NS. The summed E-state index contributed by atoms with van der Waals surface area (Å²) in [7, 11) is 0. The van der Waals surface area contributed by atoms with Crippen molar-refractivity contribution in [1.29, 1.82) is 0 Å². The Morgan fingerprint density at radius 1 is 1.56 bits per heavy atom. The quantitative estimate of drug-likeness (QED) is 0.606. The van der Waals surface area contributed by atoms with E-state index in [2.05, 4.69) is 19.2 Å². The zero-order chi connectivity index (χ0) is 6.69. The van der Waals surface area contributed by atoms with Crippen molar-refractivity contribution >= 4 is 11.8 Å². The lowest BCUT2D eigenvalue weighted by atomic mass is 10.6. The van der Waals surface area contributed by atoms with Crippen molar-refractivity contribution in [1.82, 2.24) is 5.32 Å². The number of hydrogen-bond donors (Lipinski definition) is 1. The van der Waals surface area contributed by atoms with Crippen LogP contribution < -0.4 is 5.32 Å². The second-order valence-corrected chi connectivity index (χ2v) is 4.40. The fourth-order valence-corrected chi connectivity index (χ4v) is 1.29. The largest absolute Gasteiger partial charge is 0.305 e. The van der Waals surface area contributed by atoms with Crippen LogP contribution in [0.1, 0.15) is 26.7 Å². The first-order valence-electron chi connectivity index (χ1n) is 3.64. The van der Waals surface area contributed by atoms with Crippen LogP contribution in [0.25, 0.3) is 0 Å². The molecule has 0 heterocycles. The average molecular weight is 145 g/mol. The van der Waals surface area contributed by atoms with Gasteiger partial charge in [-0.2, -0.15) is 0 Å². The molecule has 54 valence electrons. The molecular weight excluding hydrogens is 130 g/mol. The molecule has 0 aromatic heterocycles. The van der Waals surface area contributed by atoms with Crippen molar-refractivity contribution in [2.24, 2.45) is 0 Å². The van der Waals surface area contributed by atoms with E-state index in [1.165, 1.54) is 12.8 Å². The maximum absolute atomic E-state index is 3.45. The van der Waals surface area contributed by atoms with E-state index < -0.39 is 0 Å². The van der Waals surface area contributed by atoms with E-state index in [0.717, 1.165) is 17.2 Å². The van der Waals surface area contributed by atoms with Gasteiger partial charge in [-0.3, -0.25) is 0 Å². The highest BCUT2D eigenvalue weighted by Gasteiger charge is 2.19. The summed E-state index contributed by atoms with van der Waals surface area (Å²) >= 11 is 1.99. The van der Waals surface area contributed by atoms with Crippen LogP contribution in [0, 0.1) is 0 Å². The summed E-state index contributed by atoms with van der Waals surface area (Å²) in [5, 5.41) is 4.23. The zero-order valence-electron chi connectivity index (χ0n) is 6.18. The molecule has 1 nitrogen and oxygen atoms in total. The van der Waals surface area contributed by atoms with Crippen LogP contribution in [0.15, 0.2) is 0 Å². The first-order chi connectivity index (χ1) is 4.29. The van der Waals surface area contributed by atoms with Crippen LogP contribution >= 0.6 is 11.8 Å². The summed E-state index contributed by atoms with van der Waals surface area (Å²) in [5.41, 5.74) is 0. The summed E-state index contributed by atoms with van der Waals surface area (Å²) in [6, 6.07) is 0.872. The summed E-state index contributed by atoms with van der Waals surface area (Å²) in [5.74, 6) is 1.14. The maximum Gasteiger partial charge on any atom is 0.0422 e. The van der Waals surface area contributed by atoms with Gasteiger partial charge in [-0.25, -0.2) is 0 Å². The van der Waals surface area contributed by atoms with E-state index in [9.17, 15) is 0 Å². The molecule has 0 unspecified atom stereocenters. The molecule has 0 radical (unpaired) electrons. The molecule has 9 heavy (non-hydrogen) atoms. The van der Waals surface area contributed by atoms with Crippen molar-refractivity contribution in [2.45, 2.75) is 38.0 Å². The van der Waals surface area contributed by atoms with Gasteiger partial charge < -0.3 is 5.32 Å². The molecule has 0 saturated heterocycles. The van der Waals surface area contributed by atoms with E-state index in [1.807, 2.05) is 11.8 Å². The minimum absolute atomic E-state index is 0.774. The molecule has 0 atom stereocenters. The van der Waals surface area contributed by atoms with E-state index in [0.29, 0.717) is 0 Å². The fourth-order valence-electron chi connectivity index (χ4n) is 0.620. The second kappa shape index (κ2) is 3.47. The molecule has 1 aliphatic rings. The third kappa shape index (κ3) is 3.82. The molecule has 0 aromatic rings. The average Bonchev–Trinajstić information content (AvgIpc) is 2.48. The predicted molar refractivity (Wildman–Crippen MR) is 43.8 cm³/mol. The second-order valence-electron chi connectivity index (χ2n) is 2.84. The van der Waals surface area contributed by atoms with E-state index in [4.69, 9.17) is 0 Å². The van der Waals surface area contributed by atoms with E-state index in [1.54, 1.807) is 0 Å². The van der Waals surface area contributed by atoms with Crippen LogP contribution in [-0.4, -0.2) is 17.2 Å². The van der Waals surface area contributed by atoms with Gasteiger partial charge in [0.25, 0.3) is 0 Å². The highest BCUT2D eigenvalue weighted by molar-refractivity contribution is 7.99. The minimum Gasteiger partial charge on any atom is -0.305 e. The van der Waals surface area contributed by atoms with Gasteiger partial charge in [-0.15, -0.1) is 11.8 Å².